The maximum atomic E-state index is 13.3. The number of hydrogen-bond acceptors (Lipinski definition) is 2. The average molecular weight is 296 g/mol. The summed E-state index contributed by atoms with van der Waals surface area (Å²) in [6, 6.07) is 8.42. The zero-order chi connectivity index (χ0) is 12.3. The molecule has 0 fully saturated rings. The van der Waals surface area contributed by atoms with Gasteiger partial charge in [-0.2, -0.15) is 0 Å². The summed E-state index contributed by atoms with van der Waals surface area (Å²) in [6.45, 7) is 1.71. The highest BCUT2D eigenvalue weighted by Crippen LogP contribution is 2.22. The number of pyridine rings is 1. The molecule has 17 heavy (non-hydrogen) atoms. The number of aryl methyl sites for hydroxylation is 1. The van der Waals surface area contributed by atoms with Crippen LogP contribution in [0.25, 0.3) is 0 Å². The van der Waals surface area contributed by atoms with E-state index in [-0.39, 0.29) is 5.82 Å². The first kappa shape index (κ1) is 12.0. The molecule has 0 amide bonds. The zero-order valence-electron chi connectivity index (χ0n) is 9.28. The smallest absolute Gasteiger partial charge is 0.219 e. The van der Waals surface area contributed by atoms with Crippen molar-refractivity contribution in [2.75, 3.05) is 0 Å². The van der Waals surface area contributed by atoms with Crippen molar-refractivity contribution in [2.45, 2.75) is 12.3 Å². The molecule has 1 heterocycles. The van der Waals surface area contributed by atoms with Crippen molar-refractivity contribution >= 4 is 15.9 Å². The summed E-state index contributed by atoms with van der Waals surface area (Å²) < 4.78 is 18.7. The number of alkyl halides is 1. The van der Waals surface area contributed by atoms with E-state index in [0.29, 0.717) is 17.2 Å². The van der Waals surface area contributed by atoms with E-state index in [0.717, 1.165) is 10.9 Å². The molecule has 4 heteroatoms. The minimum atomic E-state index is -0.278. The fraction of sp³-hybridized carbons (Fsp3) is 0.154. The molecule has 0 aliphatic rings. The quantitative estimate of drug-likeness (QED) is 0.791. The van der Waals surface area contributed by atoms with Crippen LogP contribution < -0.4 is 4.74 Å². The van der Waals surface area contributed by atoms with Gasteiger partial charge in [-0.05, 0) is 24.1 Å². The lowest BCUT2D eigenvalue weighted by Crippen LogP contribution is -1.90. The molecule has 0 N–H and O–H groups in total. The number of aromatic nitrogens is 1. The van der Waals surface area contributed by atoms with Gasteiger partial charge in [-0.25, -0.2) is 9.37 Å². The van der Waals surface area contributed by atoms with Gasteiger partial charge in [0.1, 0.15) is 11.6 Å². The van der Waals surface area contributed by atoms with E-state index >= 15 is 0 Å². The van der Waals surface area contributed by atoms with E-state index in [1.54, 1.807) is 31.3 Å². The third-order valence-electron chi connectivity index (χ3n) is 2.32. The highest BCUT2D eigenvalue weighted by Gasteiger charge is 2.02. The summed E-state index contributed by atoms with van der Waals surface area (Å²) in [4.78, 5) is 4.12. The van der Waals surface area contributed by atoms with E-state index in [4.69, 9.17) is 4.74 Å². The molecule has 88 valence electrons. The summed E-state index contributed by atoms with van der Waals surface area (Å²) in [5, 5.41) is 0.749. The third kappa shape index (κ3) is 3.03. The molecule has 1 aromatic heterocycles. The first-order chi connectivity index (χ1) is 8.19. The Balaban J connectivity index is 2.16. The second kappa shape index (κ2) is 5.27. The van der Waals surface area contributed by atoms with Gasteiger partial charge in [0, 0.05) is 23.7 Å². The fourth-order valence-electron chi connectivity index (χ4n) is 1.31. The third-order valence-corrected chi connectivity index (χ3v) is 2.97. The first-order valence-corrected chi connectivity index (χ1v) is 6.26. The van der Waals surface area contributed by atoms with Gasteiger partial charge in [-0.15, -0.1) is 0 Å². The van der Waals surface area contributed by atoms with Gasteiger partial charge >= 0.3 is 0 Å². The van der Waals surface area contributed by atoms with E-state index in [1.165, 1.54) is 6.07 Å². The molecule has 0 aliphatic heterocycles. The largest absolute Gasteiger partial charge is 0.439 e. The van der Waals surface area contributed by atoms with Crippen LogP contribution in [0.15, 0.2) is 36.5 Å². The molecule has 2 aromatic rings. The topological polar surface area (TPSA) is 22.1 Å². The summed E-state index contributed by atoms with van der Waals surface area (Å²) in [5.41, 5.74) is 1.66. The Labute approximate surface area is 108 Å². The van der Waals surface area contributed by atoms with Crippen molar-refractivity contribution < 1.29 is 9.13 Å². The molecule has 1 aromatic carbocycles. The number of ether oxygens (including phenoxy) is 1. The monoisotopic (exact) mass is 295 g/mol. The molecule has 0 spiro atoms. The molecule has 0 saturated carbocycles. The Kier molecular flexibility index (Phi) is 3.74. The molecule has 0 unspecified atom stereocenters. The van der Waals surface area contributed by atoms with Crippen molar-refractivity contribution in [3.8, 4) is 11.6 Å². The van der Waals surface area contributed by atoms with Crippen LogP contribution in [0.1, 0.15) is 11.1 Å². The predicted molar refractivity (Wildman–Crippen MR) is 68.1 cm³/mol. The molecule has 0 atom stereocenters. The van der Waals surface area contributed by atoms with Gasteiger partial charge in [-0.1, -0.05) is 28.1 Å². The number of nitrogens with zero attached hydrogens (tertiary/aromatic N) is 1. The minimum absolute atomic E-state index is 0.278. The van der Waals surface area contributed by atoms with Crippen molar-refractivity contribution in [3.05, 3.63) is 53.5 Å². The van der Waals surface area contributed by atoms with Crippen LogP contribution in [-0.4, -0.2) is 4.98 Å². The van der Waals surface area contributed by atoms with Gasteiger partial charge < -0.3 is 4.74 Å². The molecule has 0 saturated heterocycles. The summed E-state index contributed by atoms with van der Waals surface area (Å²) in [7, 11) is 0. The Bertz CT molecular complexity index is 513. The van der Waals surface area contributed by atoms with E-state index in [9.17, 15) is 4.39 Å². The highest BCUT2D eigenvalue weighted by atomic mass is 79.9. The van der Waals surface area contributed by atoms with Gasteiger partial charge in [0.2, 0.25) is 5.88 Å². The van der Waals surface area contributed by atoms with Crippen LogP contribution in [0.2, 0.25) is 0 Å². The molecule has 2 nitrogen and oxygen atoms in total. The van der Waals surface area contributed by atoms with Gasteiger partial charge in [0.25, 0.3) is 0 Å². The first-order valence-electron chi connectivity index (χ1n) is 5.14. The van der Waals surface area contributed by atoms with Crippen LogP contribution >= 0.6 is 15.9 Å². The minimum Gasteiger partial charge on any atom is -0.439 e. The SMILES string of the molecule is Cc1ccc(Oc2ccc(CBr)cn2)cc1F. The van der Waals surface area contributed by atoms with Crippen molar-refractivity contribution in [2.24, 2.45) is 0 Å². The number of halogens is 2. The second-order valence-corrected chi connectivity index (χ2v) is 4.21. The second-order valence-electron chi connectivity index (χ2n) is 3.65. The van der Waals surface area contributed by atoms with Crippen molar-refractivity contribution in [3.63, 3.8) is 0 Å². The lowest BCUT2D eigenvalue weighted by atomic mass is 10.2. The zero-order valence-corrected chi connectivity index (χ0v) is 10.9. The molecule has 0 bridgehead atoms. The summed E-state index contributed by atoms with van der Waals surface area (Å²) in [5.74, 6) is 0.629. The van der Waals surface area contributed by atoms with E-state index < -0.39 is 0 Å². The van der Waals surface area contributed by atoms with Crippen LogP contribution in [0.3, 0.4) is 0 Å². The molecular formula is C13H11BrFNO. The van der Waals surface area contributed by atoms with Gasteiger partial charge in [-0.3, -0.25) is 0 Å². The molecule has 2 rings (SSSR count). The normalized spacial score (nSPS) is 10.3. The summed E-state index contributed by atoms with van der Waals surface area (Å²) >= 11 is 3.34. The number of benzene rings is 1. The Hall–Kier alpha value is -1.42. The average Bonchev–Trinajstić information content (AvgIpc) is 2.35. The predicted octanol–water partition coefficient (Wildman–Crippen LogP) is 4.22. The van der Waals surface area contributed by atoms with Crippen molar-refractivity contribution in [1.82, 2.24) is 4.98 Å². The Morgan fingerprint density at radius 1 is 1.29 bits per heavy atom. The van der Waals surface area contributed by atoms with Gasteiger partial charge in [0.05, 0.1) is 0 Å². The van der Waals surface area contributed by atoms with Crippen LogP contribution in [0, 0.1) is 12.7 Å². The maximum absolute atomic E-state index is 13.3. The van der Waals surface area contributed by atoms with Crippen LogP contribution in [0.5, 0.6) is 11.6 Å². The standard InChI is InChI=1S/C13H11BrFNO/c1-9-2-4-11(6-12(9)15)17-13-5-3-10(7-14)8-16-13/h2-6,8H,7H2,1H3. The lowest BCUT2D eigenvalue weighted by Gasteiger charge is -2.06. The van der Waals surface area contributed by atoms with E-state index in [1.807, 2.05) is 6.07 Å². The Morgan fingerprint density at radius 2 is 2.12 bits per heavy atom. The highest BCUT2D eigenvalue weighted by molar-refractivity contribution is 9.08. The van der Waals surface area contributed by atoms with Crippen LogP contribution in [-0.2, 0) is 5.33 Å². The molecule has 0 aliphatic carbocycles. The van der Waals surface area contributed by atoms with Crippen LogP contribution in [0.4, 0.5) is 4.39 Å². The summed E-state index contributed by atoms with van der Waals surface area (Å²) in [6.07, 6.45) is 1.72. The van der Waals surface area contributed by atoms with Gasteiger partial charge in [0.15, 0.2) is 0 Å². The molecule has 0 radical (unpaired) electrons. The number of rotatable bonds is 3. The molecular weight excluding hydrogens is 285 g/mol. The number of hydrogen-bond donors (Lipinski definition) is 0. The fourth-order valence-corrected chi connectivity index (χ4v) is 1.64. The van der Waals surface area contributed by atoms with E-state index in [2.05, 4.69) is 20.9 Å². The Morgan fingerprint density at radius 3 is 2.71 bits per heavy atom. The van der Waals surface area contributed by atoms with Crippen molar-refractivity contribution in [1.29, 1.82) is 0 Å². The lowest BCUT2D eigenvalue weighted by molar-refractivity contribution is 0.457. The maximum Gasteiger partial charge on any atom is 0.219 e.